The molecule has 0 amide bonds. The maximum Gasteiger partial charge on any atom is 0.329 e. The fourth-order valence-electron chi connectivity index (χ4n) is 1.18. The second-order valence-electron chi connectivity index (χ2n) is 3.78. The minimum atomic E-state index is -0.670. The van der Waals surface area contributed by atoms with E-state index in [4.69, 9.17) is 0 Å². The number of aromatic nitrogens is 2. The molecular formula is C10H14N2O2. The molecule has 1 heterocycles. The molecule has 0 aliphatic heterocycles. The number of hydrogen-bond acceptors (Lipinski definition) is 2. The summed E-state index contributed by atoms with van der Waals surface area (Å²) in [5.74, 6) is 0. The van der Waals surface area contributed by atoms with Crippen molar-refractivity contribution in [3.05, 3.63) is 45.3 Å². The molecular weight excluding hydrogens is 180 g/mol. The highest BCUT2D eigenvalue weighted by Gasteiger charge is 2.20. The number of rotatable bonds is 2. The van der Waals surface area contributed by atoms with Gasteiger partial charge in [-0.1, -0.05) is 6.08 Å². The van der Waals surface area contributed by atoms with Crippen LogP contribution >= 0.6 is 0 Å². The molecule has 1 aromatic rings. The molecule has 14 heavy (non-hydrogen) atoms. The maximum absolute atomic E-state index is 11.7. The Kier molecular flexibility index (Phi) is 2.47. The number of aryl methyl sites for hydroxylation is 1. The molecule has 0 aromatic carbocycles. The summed E-state index contributed by atoms with van der Waals surface area (Å²) in [6, 6.07) is 0. The molecule has 1 aromatic heterocycles. The summed E-state index contributed by atoms with van der Waals surface area (Å²) in [4.78, 5) is 25.7. The molecule has 0 aliphatic rings. The first-order valence-electron chi connectivity index (χ1n) is 4.35. The predicted molar refractivity (Wildman–Crippen MR) is 55.6 cm³/mol. The topological polar surface area (TPSA) is 54.9 Å². The van der Waals surface area contributed by atoms with Crippen molar-refractivity contribution in [2.75, 3.05) is 0 Å². The molecule has 0 aliphatic carbocycles. The van der Waals surface area contributed by atoms with Gasteiger partial charge in [0.1, 0.15) is 0 Å². The van der Waals surface area contributed by atoms with Crippen LogP contribution in [0.2, 0.25) is 0 Å². The Balaban J connectivity index is 3.65. The molecule has 0 saturated carbocycles. The van der Waals surface area contributed by atoms with Gasteiger partial charge in [-0.3, -0.25) is 9.36 Å². The summed E-state index contributed by atoms with van der Waals surface area (Å²) in [7, 11) is 0. The van der Waals surface area contributed by atoms with Gasteiger partial charge in [0.25, 0.3) is 5.56 Å². The molecule has 0 radical (unpaired) electrons. The number of nitrogens with one attached hydrogen (secondary N) is 1. The molecule has 1 N–H and O–H groups in total. The van der Waals surface area contributed by atoms with E-state index >= 15 is 0 Å². The molecule has 0 bridgehead atoms. The molecule has 4 heteroatoms. The Hall–Kier alpha value is -1.58. The van der Waals surface area contributed by atoms with E-state index in [1.165, 1.54) is 6.20 Å². The second kappa shape index (κ2) is 3.29. The third-order valence-electron chi connectivity index (χ3n) is 2.23. The quantitative estimate of drug-likeness (QED) is 0.707. The molecule has 0 saturated heterocycles. The van der Waals surface area contributed by atoms with Crippen LogP contribution < -0.4 is 11.2 Å². The zero-order valence-corrected chi connectivity index (χ0v) is 8.63. The lowest BCUT2D eigenvalue weighted by Gasteiger charge is -2.21. The minimum absolute atomic E-state index is 0.279. The summed E-state index contributed by atoms with van der Waals surface area (Å²) in [6.07, 6.45) is 2.99. The van der Waals surface area contributed by atoms with E-state index in [1.807, 2.05) is 0 Å². The number of nitrogens with zero attached hydrogens (tertiary/aromatic N) is 1. The number of H-pyrrole nitrogens is 1. The third kappa shape index (κ3) is 1.55. The van der Waals surface area contributed by atoms with E-state index in [0.29, 0.717) is 5.56 Å². The van der Waals surface area contributed by atoms with Crippen molar-refractivity contribution in [2.24, 2.45) is 0 Å². The van der Waals surface area contributed by atoms with E-state index in [2.05, 4.69) is 11.6 Å². The van der Waals surface area contributed by atoms with Crippen molar-refractivity contribution in [1.29, 1.82) is 0 Å². The molecule has 0 fully saturated rings. The Bertz CT molecular complexity index is 466. The zero-order chi connectivity index (χ0) is 10.9. The first-order valence-corrected chi connectivity index (χ1v) is 4.35. The highest BCUT2D eigenvalue weighted by Crippen LogP contribution is 2.10. The van der Waals surface area contributed by atoms with Crippen LogP contribution in [-0.2, 0) is 5.54 Å². The van der Waals surface area contributed by atoms with Crippen LogP contribution in [0, 0.1) is 6.92 Å². The van der Waals surface area contributed by atoms with Gasteiger partial charge in [-0.2, -0.15) is 0 Å². The average molecular weight is 194 g/mol. The molecule has 1 rings (SSSR count). The summed E-state index contributed by atoms with van der Waals surface area (Å²) in [5.41, 5.74) is -0.847. The van der Waals surface area contributed by atoms with Crippen molar-refractivity contribution < 1.29 is 0 Å². The smallest absolute Gasteiger partial charge is 0.314 e. The van der Waals surface area contributed by atoms with E-state index < -0.39 is 11.2 Å². The van der Waals surface area contributed by atoms with Crippen LogP contribution in [0.25, 0.3) is 0 Å². The summed E-state index contributed by atoms with van der Waals surface area (Å²) in [5, 5.41) is 0. The van der Waals surface area contributed by atoms with E-state index in [9.17, 15) is 9.59 Å². The fourth-order valence-corrected chi connectivity index (χ4v) is 1.18. The van der Waals surface area contributed by atoms with Crippen LogP contribution in [0.3, 0.4) is 0 Å². The average Bonchev–Trinajstić information content (AvgIpc) is 2.12. The fraction of sp³-hybridized carbons (Fsp3) is 0.400. The van der Waals surface area contributed by atoms with Crippen molar-refractivity contribution in [3.63, 3.8) is 0 Å². The Labute approximate surface area is 81.9 Å². The first kappa shape index (κ1) is 10.5. The normalized spacial score (nSPS) is 11.4. The third-order valence-corrected chi connectivity index (χ3v) is 2.23. The van der Waals surface area contributed by atoms with Gasteiger partial charge in [-0.15, -0.1) is 6.58 Å². The largest absolute Gasteiger partial charge is 0.329 e. The van der Waals surface area contributed by atoms with Gasteiger partial charge < -0.3 is 4.98 Å². The van der Waals surface area contributed by atoms with Gasteiger partial charge in [0, 0.05) is 11.8 Å². The van der Waals surface area contributed by atoms with Gasteiger partial charge in [-0.25, -0.2) is 4.79 Å². The van der Waals surface area contributed by atoms with Gasteiger partial charge in [-0.05, 0) is 20.8 Å². The van der Waals surface area contributed by atoms with Gasteiger partial charge in [0.2, 0.25) is 0 Å². The lowest BCUT2D eigenvalue weighted by atomic mass is 10.1. The summed E-state index contributed by atoms with van der Waals surface area (Å²) >= 11 is 0. The van der Waals surface area contributed by atoms with Crippen LogP contribution in [0.15, 0.2) is 28.4 Å². The SMILES string of the molecule is C=CC(C)(C)n1c(=O)[nH]cc(C)c1=O. The van der Waals surface area contributed by atoms with Gasteiger partial charge in [0.15, 0.2) is 0 Å². The predicted octanol–water partition coefficient (Wildman–Crippen LogP) is 0.766. The Morgan fingerprint density at radius 1 is 1.50 bits per heavy atom. The van der Waals surface area contributed by atoms with Gasteiger partial charge >= 0.3 is 5.69 Å². The Morgan fingerprint density at radius 3 is 2.57 bits per heavy atom. The van der Waals surface area contributed by atoms with Crippen LogP contribution in [-0.4, -0.2) is 9.55 Å². The van der Waals surface area contributed by atoms with Crippen molar-refractivity contribution in [3.8, 4) is 0 Å². The lowest BCUT2D eigenvalue weighted by Crippen LogP contribution is -2.45. The Morgan fingerprint density at radius 2 is 2.07 bits per heavy atom. The number of aromatic amines is 1. The monoisotopic (exact) mass is 194 g/mol. The second-order valence-corrected chi connectivity index (χ2v) is 3.78. The zero-order valence-electron chi connectivity index (χ0n) is 8.63. The van der Waals surface area contributed by atoms with Crippen LogP contribution in [0.1, 0.15) is 19.4 Å². The number of hydrogen-bond donors (Lipinski definition) is 1. The molecule has 4 nitrogen and oxygen atoms in total. The van der Waals surface area contributed by atoms with Crippen LogP contribution in [0.5, 0.6) is 0 Å². The standard InChI is InChI=1S/C10H14N2O2/c1-5-10(3,4)12-8(13)7(2)6-11-9(12)14/h5-6H,1H2,2-4H3,(H,11,14). The minimum Gasteiger partial charge on any atom is -0.314 e. The number of allylic oxidation sites excluding steroid dienone is 1. The van der Waals surface area contributed by atoms with Gasteiger partial charge in [0.05, 0.1) is 5.54 Å². The van der Waals surface area contributed by atoms with E-state index in [-0.39, 0.29) is 5.56 Å². The van der Waals surface area contributed by atoms with Crippen molar-refractivity contribution in [2.45, 2.75) is 26.3 Å². The molecule has 76 valence electrons. The highest BCUT2D eigenvalue weighted by atomic mass is 16.2. The highest BCUT2D eigenvalue weighted by molar-refractivity contribution is 5.06. The molecule has 0 spiro atoms. The summed E-state index contributed by atoms with van der Waals surface area (Å²) in [6.45, 7) is 8.79. The molecule has 0 atom stereocenters. The van der Waals surface area contributed by atoms with E-state index in [0.717, 1.165) is 4.57 Å². The molecule has 0 unspecified atom stereocenters. The lowest BCUT2D eigenvalue weighted by molar-refractivity contribution is 0.417. The first-order chi connectivity index (χ1) is 6.40. The van der Waals surface area contributed by atoms with E-state index in [1.54, 1.807) is 26.8 Å². The summed E-state index contributed by atoms with van der Waals surface area (Å²) < 4.78 is 1.16. The van der Waals surface area contributed by atoms with Crippen molar-refractivity contribution in [1.82, 2.24) is 9.55 Å². The van der Waals surface area contributed by atoms with Crippen LogP contribution in [0.4, 0.5) is 0 Å². The van der Waals surface area contributed by atoms with Crippen molar-refractivity contribution >= 4 is 0 Å². The maximum atomic E-state index is 11.7.